The molecule has 0 atom stereocenters. The molecule has 8 aromatic rings. The van der Waals surface area contributed by atoms with E-state index in [0.29, 0.717) is 11.3 Å². The summed E-state index contributed by atoms with van der Waals surface area (Å²) in [6.45, 7) is 7.58. The summed E-state index contributed by atoms with van der Waals surface area (Å²) in [5, 5.41) is 16.3. The lowest BCUT2D eigenvalue weighted by atomic mass is 9.93. The fraction of sp³-hybridized carbons (Fsp3) is 0. The van der Waals surface area contributed by atoms with Crippen molar-refractivity contribution in [1.29, 1.82) is 5.26 Å². The van der Waals surface area contributed by atoms with Crippen LogP contribution in [0.2, 0.25) is 0 Å². The van der Waals surface area contributed by atoms with E-state index < -0.39 is 0 Å². The second-order valence-corrected chi connectivity index (χ2v) is 10.5. The molecule has 3 aromatic heterocycles. The van der Waals surface area contributed by atoms with Crippen molar-refractivity contribution in [1.82, 2.24) is 14.5 Å². The predicted octanol–water partition coefficient (Wildman–Crippen LogP) is 9.64. The molecule has 0 fully saturated rings. The Bertz CT molecular complexity index is 2320. The molecule has 0 aliphatic carbocycles. The van der Waals surface area contributed by atoms with Crippen molar-refractivity contribution in [2.24, 2.45) is 0 Å². The minimum absolute atomic E-state index is 0.556. The summed E-state index contributed by atoms with van der Waals surface area (Å²) in [5.41, 5.74) is 7.72. The van der Waals surface area contributed by atoms with Crippen molar-refractivity contribution >= 4 is 49.0 Å². The third kappa shape index (κ3) is 3.77. The van der Waals surface area contributed by atoms with Gasteiger partial charge in [0.2, 0.25) is 0 Å². The third-order valence-electron chi connectivity index (χ3n) is 8.11. The molecule has 0 N–H and O–H groups in total. The van der Waals surface area contributed by atoms with Crippen LogP contribution in [0.25, 0.3) is 76.4 Å². The van der Waals surface area contributed by atoms with Crippen LogP contribution in [0.3, 0.4) is 0 Å². The molecule has 8 rings (SSSR count). The second-order valence-electron chi connectivity index (χ2n) is 10.5. The van der Waals surface area contributed by atoms with Crippen LogP contribution in [-0.4, -0.2) is 14.5 Å². The average molecular weight is 548 g/mol. The molecule has 43 heavy (non-hydrogen) atoms. The van der Waals surface area contributed by atoms with Crippen LogP contribution in [-0.2, 0) is 0 Å². The van der Waals surface area contributed by atoms with Gasteiger partial charge in [-0.15, -0.1) is 0 Å². The second kappa shape index (κ2) is 9.66. The number of benzene rings is 5. The molecule has 5 heteroatoms. The molecule has 0 spiro atoms. The molecule has 0 bridgehead atoms. The Balaban J connectivity index is 1.61. The fourth-order valence-corrected chi connectivity index (χ4v) is 6.29. The Morgan fingerprint density at radius 2 is 1.14 bits per heavy atom. The van der Waals surface area contributed by atoms with E-state index in [-0.39, 0.29) is 0 Å². The van der Waals surface area contributed by atoms with Crippen molar-refractivity contribution in [2.75, 3.05) is 0 Å². The summed E-state index contributed by atoms with van der Waals surface area (Å²) in [4.78, 5) is 13.1. The largest absolute Gasteiger partial charge is 0.309 e. The number of hydrogen-bond donors (Lipinski definition) is 0. The zero-order valence-corrected chi connectivity index (χ0v) is 22.9. The number of hydrogen-bond acceptors (Lipinski definition) is 3. The van der Waals surface area contributed by atoms with E-state index >= 15 is 0 Å². The van der Waals surface area contributed by atoms with Crippen LogP contribution in [0.1, 0.15) is 5.56 Å². The minimum atomic E-state index is 0.556. The van der Waals surface area contributed by atoms with E-state index in [4.69, 9.17) is 16.5 Å². The van der Waals surface area contributed by atoms with E-state index in [1.165, 1.54) is 0 Å². The van der Waals surface area contributed by atoms with Crippen LogP contribution >= 0.6 is 0 Å². The van der Waals surface area contributed by atoms with Crippen LogP contribution < -0.4 is 0 Å². The van der Waals surface area contributed by atoms with Gasteiger partial charge in [-0.1, -0.05) is 66.7 Å². The highest BCUT2D eigenvalue weighted by Crippen LogP contribution is 2.45. The molecule has 0 saturated carbocycles. The zero-order chi connectivity index (χ0) is 28.9. The van der Waals surface area contributed by atoms with Crippen LogP contribution in [0.15, 0.2) is 128 Å². The van der Waals surface area contributed by atoms with Gasteiger partial charge in [-0.25, -0.2) is 4.85 Å². The Morgan fingerprint density at radius 3 is 1.72 bits per heavy atom. The topological polar surface area (TPSA) is 58.9 Å². The van der Waals surface area contributed by atoms with E-state index in [2.05, 4.69) is 100 Å². The van der Waals surface area contributed by atoms with Gasteiger partial charge in [-0.05, 0) is 70.1 Å². The molecule has 0 saturated heterocycles. The number of pyridine rings is 2. The van der Waals surface area contributed by atoms with E-state index in [1.807, 2.05) is 18.2 Å². The molecule has 0 amide bonds. The van der Waals surface area contributed by atoms with Gasteiger partial charge in [0, 0.05) is 40.0 Å². The lowest BCUT2D eigenvalue weighted by Gasteiger charge is -2.12. The normalized spacial score (nSPS) is 11.2. The van der Waals surface area contributed by atoms with Crippen LogP contribution in [0.4, 0.5) is 5.69 Å². The maximum absolute atomic E-state index is 9.63. The quantitative estimate of drug-likeness (QED) is 0.207. The van der Waals surface area contributed by atoms with Gasteiger partial charge in [0.05, 0.1) is 40.6 Å². The predicted molar refractivity (Wildman–Crippen MR) is 173 cm³/mol. The first-order valence-electron chi connectivity index (χ1n) is 13.9. The highest BCUT2D eigenvalue weighted by atomic mass is 15.0. The Hall–Kier alpha value is -6.30. The van der Waals surface area contributed by atoms with Crippen molar-refractivity contribution in [3.63, 3.8) is 0 Å². The molecular formula is C38H21N5. The van der Waals surface area contributed by atoms with E-state index in [0.717, 1.165) is 71.6 Å². The first-order valence-corrected chi connectivity index (χ1v) is 13.9. The maximum atomic E-state index is 9.63. The number of fused-ring (bicyclic) bond motifs is 7. The van der Waals surface area contributed by atoms with Gasteiger partial charge in [0.15, 0.2) is 5.69 Å². The van der Waals surface area contributed by atoms with Gasteiger partial charge in [0.25, 0.3) is 0 Å². The molecule has 0 unspecified atom stereocenters. The standard InChI is InChI=1S/C38H21N5/c1-40-25-16-18-42-34(20-25)32-22-36-38(30-14-8-6-12-28(30)32)37-29-13-7-5-11-27(29)31(33-19-24(23-39)15-17-41-33)21-35(37)43(36)26-9-3-2-4-10-26/h2-22H. The fourth-order valence-electron chi connectivity index (χ4n) is 6.29. The smallest absolute Gasteiger partial charge is 0.190 e. The molecule has 5 nitrogen and oxygen atoms in total. The molecular weight excluding hydrogens is 526 g/mol. The molecule has 5 aromatic carbocycles. The van der Waals surface area contributed by atoms with Crippen molar-refractivity contribution in [2.45, 2.75) is 0 Å². The molecule has 0 aliphatic rings. The van der Waals surface area contributed by atoms with Crippen molar-refractivity contribution in [3.8, 4) is 34.3 Å². The first-order chi connectivity index (χ1) is 21.2. The molecule has 0 aliphatic heterocycles. The van der Waals surface area contributed by atoms with Gasteiger partial charge >= 0.3 is 0 Å². The third-order valence-corrected chi connectivity index (χ3v) is 8.11. The van der Waals surface area contributed by atoms with Crippen LogP contribution in [0, 0.1) is 17.9 Å². The number of aromatic nitrogens is 3. The lowest BCUT2D eigenvalue weighted by Crippen LogP contribution is -1.95. The zero-order valence-electron chi connectivity index (χ0n) is 22.9. The average Bonchev–Trinajstić information content (AvgIpc) is 3.42. The SMILES string of the molecule is [C-]#[N+]c1ccnc(-c2cc3c(c4ccccc24)c2c4ccccc4c(-c4cc(C#N)ccn4)cc2n3-c2ccccc2)c1. The van der Waals surface area contributed by atoms with Gasteiger partial charge in [-0.3, -0.25) is 9.97 Å². The monoisotopic (exact) mass is 547 g/mol. The summed E-state index contributed by atoms with van der Waals surface area (Å²) in [6.07, 6.45) is 3.40. The maximum Gasteiger partial charge on any atom is 0.190 e. The highest BCUT2D eigenvalue weighted by molar-refractivity contribution is 6.31. The summed E-state index contributed by atoms with van der Waals surface area (Å²) in [5.74, 6) is 0. The Morgan fingerprint density at radius 1 is 0.605 bits per heavy atom. The van der Waals surface area contributed by atoms with Gasteiger partial charge in [0.1, 0.15) is 0 Å². The Kier molecular flexibility index (Phi) is 5.50. The number of para-hydroxylation sites is 1. The molecule has 0 radical (unpaired) electrons. The van der Waals surface area contributed by atoms with Gasteiger partial charge in [-0.2, -0.15) is 5.26 Å². The number of nitriles is 1. The molecule has 3 heterocycles. The van der Waals surface area contributed by atoms with Crippen molar-refractivity contribution < 1.29 is 0 Å². The highest BCUT2D eigenvalue weighted by Gasteiger charge is 2.22. The number of nitrogens with zero attached hydrogens (tertiary/aromatic N) is 5. The summed E-state index contributed by atoms with van der Waals surface area (Å²) >= 11 is 0. The Labute approximate surface area is 247 Å². The van der Waals surface area contributed by atoms with E-state index in [9.17, 15) is 5.26 Å². The van der Waals surface area contributed by atoms with Gasteiger partial charge < -0.3 is 4.57 Å². The van der Waals surface area contributed by atoms with E-state index in [1.54, 1.807) is 24.5 Å². The minimum Gasteiger partial charge on any atom is -0.309 e. The first kappa shape index (κ1) is 24.5. The summed E-state index contributed by atoms with van der Waals surface area (Å²) < 4.78 is 2.31. The summed E-state index contributed by atoms with van der Waals surface area (Å²) in [7, 11) is 0. The summed E-state index contributed by atoms with van der Waals surface area (Å²) in [6, 6.07) is 41.1. The lowest BCUT2D eigenvalue weighted by molar-refractivity contribution is 1.18. The number of rotatable bonds is 3. The van der Waals surface area contributed by atoms with Crippen LogP contribution in [0.5, 0.6) is 0 Å². The van der Waals surface area contributed by atoms with Crippen molar-refractivity contribution in [3.05, 3.63) is 145 Å². The molecule has 198 valence electrons.